The van der Waals surface area contributed by atoms with E-state index in [0.717, 1.165) is 22.6 Å². The van der Waals surface area contributed by atoms with Gasteiger partial charge in [0.25, 0.3) is 0 Å². The molecular weight excluding hydrogens is 408 g/mol. The molecule has 6 nitrogen and oxygen atoms in total. The summed E-state index contributed by atoms with van der Waals surface area (Å²) in [5, 5.41) is 10.1. The zero-order valence-electron chi connectivity index (χ0n) is 17.8. The van der Waals surface area contributed by atoms with Crippen molar-refractivity contribution in [1.29, 1.82) is 0 Å². The molecule has 0 atom stereocenters. The Hall–Kier alpha value is -3.03. The fourth-order valence-electron chi connectivity index (χ4n) is 3.72. The van der Waals surface area contributed by atoms with Gasteiger partial charge in [-0.15, -0.1) is 10.2 Å². The fraction of sp³-hybridized carbons (Fsp3) is 0.250. The maximum atomic E-state index is 12.7. The number of rotatable bonds is 5. The van der Waals surface area contributed by atoms with Crippen LogP contribution in [0.3, 0.4) is 0 Å². The minimum absolute atomic E-state index is 0.419. The summed E-state index contributed by atoms with van der Waals surface area (Å²) in [5.41, 5.74) is 5.17. The highest BCUT2D eigenvalue weighted by atomic mass is 32.2. The molecule has 0 spiro atoms. The minimum Gasteiger partial charge on any atom is -0.352 e. The van der Waals surface area contributed by atoms with Gasteiger partial charge in [-0.2, -0.15) is 4.31 Å². The van der Waals surface area contributed by atoms with E-state index < -0.39 is 10.0 Å². The van der Waals surface area contributed by atoms with Crippen molar-refractivity contribution in [3.63, 3.8) is 0 Å². The van der Waals surface area contributed by atoms with Gasteiger partial charge in [0.2, 0.25) is 10.0 Å². The maximum Gasteiger partial charge on any atom is 0.236 e. The Morgan fingerprint density at radius 2 is 1.61 bits per heavy atom. The molecule has 7 heteroatoms. The standard InChI is InChI=1S/C24H26N4O2S/c1-19-8-9-22(20(2)18-19)23-10-11-24(26-25-23)27-13-15-28(16-14-27)31(29,30)17-12-21-6-4-3-5-7-21/h3-12,17-18H,13-16H2,1-2H3/b17-12-. The molecule has 2 aromatic carbocycles. The van der Waals surface area contributed by atoms with Crippen LogP contribution in [0.4, 0.5) is 5.82 Å². The lowest BCUT2D eigenvalue weighted by molar-refractivity contribution is 0.388. The van der Waals surface area contributed by atoms with Gasteiger partial charge >= 0.3 is 0 Å². The summed E-state index contributed by atoms with van der Waals surface area (Å²) in [6, 6.07) is 19.7. The van der Waals surface area contributed by atoms with Gasteiger partial charge in [0, 0.05) is 37.2 Å². The molecule has 0 radical (unpaired) electrons. The lowest BCUT2D eigenvalue weighted by Gasteiger charge is -2.33. The molecule has 1 aromatic heterocycles. The topological polar surface area (TPSA) is 66.4 Å². The molecule has 2 heterocycles. The van der Waals surface area contributed by atoms with Crippen LogP contribution in [0.1, 0.15) is 16.7 Å². The lowest BCUT2D eigenvalue weighted by Crippen LogP contribution is -2.48. The Balaban J connectivity index is 1.40. The van der Waals surface area contributed by atoms with Crippen molar-refractivity contribution in [1.82, 2.24) is 14.5 Å². The van der Waals surface area contributed by atoms with Crippen LogP contribution in [0.25, 0.3) is 17.3 Å². The van der Waals surface area contributed by atoms with Gasteiger partial charge in [-0.3, -0.25) is 0 Å². The first-order valence-corrected chi connectivity index (χ1v) is 11.8. The third-order valence-electron chi connectivity index (χ3n) is 5.46. The summed E-state index contributed by atoms with van der Waals surface area (Å²) in [6.07, 6.45) is 1.64. The fourth-order valence-corrected chi connectivity index (χ4v) is 4.90. The van der Waals surface area contributed by atoms with Crippen LogP contribution >= 0.6 is 0 Å². The van der Waals surface area contributed by atoms with Crippen LogP contribution in [-0.4, -0.2) is 49.1 Å². The number of anilines is 1. The van der Waals surface area contributed by atoms with Gasteiger partial charge < -0.3 is 4.90 Å². The molecule has 0 amide bonds. The molecule has 1 aliphatic rings. The first kappa shape index (κ1) is 21.2. The Bertz CT molecular complexity index is 1170. The van der Waals surface area contributed by atoms with Crippen molar-refractivity contribution in [3.05, 3.63) is 82.8 Å². The van der Waals surface area contributed by atoms with Gasteiger partial charge in [0.05, 0.1) is 5.69 Å². The van der Waals surface area contributed by atoms with E-state index in [1.54, 1.807) is 6.08 Å². The van der Waals surface area contributed by atoms with Gasteiger partial charge in [-0.1, -0.05) is 54.1 Å². The van der Waals surface area contributed by atoms with Crippen LogP contribution in [0.5, 0.6) is 0 Å². The zero-order chi connectivity index (χ0) is 21.8. The smallest absolute Gasteiger partial charge is 0.236 e. The summed E-state index contributed by atoms with van der Waals surface area (Å²) in [4.78, 5) is 2.08. The van der Waals surface area contributed by atoms with Crippen molar-refractivity contribution in [2.75, 3.05) is 31.1 Å². The van der Waals surface area contributed by atoms with Crippen molar-refractivity contribution >= 4 is 21.9 Å². The Labute approximate surface area is 183 Å². The summed E-state index contributed by atoms with van der Waals surface area (Å²) in [6.45, 7) is 6.14. The zero-order valence-corrected chi connectivity index (χ0v) is 18.6. The van der Waals surface area contributed by atoms with Crippen LogP contribution in [-0.2, 0) is 10.0 Å². The van der Waals surface area contributed by atoms with Crippen LogP contribution in [0, 0.1) is 13.8 Å². The molecule has 1 fully saturated rings. The largest absolute Gasteiger partial charge is 0.352 e. The molecule has 0 N–H and O–H groups in total. The molecule has 3 aromatic rings. The minimum atomic E-state index is -3.45. The molecular formula is C24H26N4O2S. The average Bonchev–Trinajstić information content (AvgIpc) is 2.79. The normalized spacial score (nSPS) is 15.5. The van der Waals surface area contributed by atoms with E-state index in [-0.39, 0.29) is 0 Å². The molecule has 1 saturated heterocycles. The van der Waals surface area contributed by atoms with Crippen molar-refractivity contribution < 1.29 is 8.42 Å². The summed E-state index contributed by atoms with van der Waals surface area (Å²) < 4.78 is 26.8. The summed E-state index contributed by atoms with van der Waals surface area (Å²) in [5.74, 6) is 0.769. The molecule has 1 aliphatic heterocycles. The lowest BCUT2D eigenvalue weighted by atomic mass is 10.0. The second kappa shape index (κ2) is 8.99. The van der Waals surface area contributed by atoms with Gasteiger partial charge in [0.1, 0.15) is 0 Å². The highest BCUT2D eigenvalue weighted by Crippen LogP contribution is 2.24. The highest BCUT2D eigenvalue weighted by molar-refractivity contribution is 7.92. The number of aromatic nitrogens is 2. The van der Waals surface area contributed by atoms with E-state index >= 15 is 0 Å². The second-order valence-corrected chi connectivity index (χ2v) is 9.56. The number of hydrogen-bond acceptors (Lipinski definition) is 5. The number of piperazine rings is 1. The number of aryl methyl sites for hydroxylation is 2. The first-order chi connectivity index (χ1) is 14.9. The molecule has 31 heavy (non-hydrogen) atoms. The predicted octanol–water partition coefficient (Wildman–Crippen LogP) is 3.88. The number of benzene rings is 2. The van der Waals surface area contributed by atoms with Crippen LogP contribution in [0.15, 0.2) is 66.1 Å². The van der Waals surface area contributed by atoms with Crippen molar-refractivity contribution in [2.45, 2.75) is 13.8 Å². The first-order valence-electron chi connectivity index (χ1n) is 10.3. The maximum absolute atomic E-state index is 12.7. The van der Waals surface area contributed by atoms with Gasteiger partial charge in [0.15, 0.2) is 5.82 Å². The molecule has 0 unspecified atom stereocenters. The number of sulfonamides is 1. The quantitative estimate of drug-likeness (QED) is 0.610. The Morgan fingerprint density at radius 3 is 2.26 bits per heavy atom. The highest BCUT2D eigenvalue weighted by Gasteiger charge is 2.25. The van der Waals surface area contributed by atoms with E-state index in [4.69, 9.17) is 0 Å². The number of hydrogen-bond donors (Lipinski definition) is 0. The van der Waals surface area contributed by atoms with E-state index in [9.17, 15) is 8.42 Å². The predicted molar refractivity (Wildman–Crippen MR) is 125 cm³/mol. The van der Waals surface area contributed by atoms with Gasteiger partial charge in [-0.25, -0.2) is 8.42 Å². The molecule has 0 aliphatic carbocycles. The van der Waals surface area contributed by atoms with E-state index in [0.29, 0.717) is 26.2 Å². The van der Waals surface area contributed by atoms with E-state index in [1.165, 1.54) is 20.8 Å². The summed E-state index contributed by atoms with van der Waals surface area (Å²) in [7, 11) is -3.45. The molecule has 160 valence electrons. The second-order valence-electron chi connectivity index (χ2n) is 7.74. The Kier molecular flexibility index (Phi) is 6.15. The number of nitrogens with zero attached hydrogens (tertiary/aromatic N) is 4. The van der Waals surface area contributed by atoms with Crippen LogP contribution < -0.4 is 4.90 Å². The monoisotopic (exact) mass is 434 g/mol. The SMILES string of the molecule is Cc1ccc(-c2ccc(N3CCN(S(=O)(=O)/C=C\c4ccccc4)CC3)nn2)c(C)c1. The van der Waals surface area contributed by atoms with Crippen molar-refractivity contribution in [3.8, 4) is 11.3 Å². The van der Waals surface area contributed by atoms with Crippen molar-refractivity contribution in [2.24, 2.45) is 0 Å². The Morgan fingerprint density at radius 1 is 0.871 bits per heavy atom. The molecule has 0 bridgehead atoms. The van der Waals surface area contributed by atoms with E-state index in [1.807, 2.05) is 42.5 Å². The molecule has 0 saturated carbocycles. The van der Waals surface area contributed by atoms with E-state index in [2.05, 4.69) is 47.1 Å². The summed E-state index contributed by atoms with van der Waals surface area (Å²) >= 11 is 0. The van der Waals surface area contributed by atoms with Crippen LogP contribution in [0.2, 0.25) is 0 Å². The third-order valence-corrected chi connectivity index (χ3v) is 7.03. The van der Waals surface area contributed by atoms with Gasteiger partial charge in [-0.05, 0) is 43.2 Å². The molecule has 4 rings (SSSR count). The third kappa shape index (κ3) is 5.00. The average molecular weight is 435 g/mol.